The van der Waals surface area contributed by atoms with Crippen LogP contribution in [0.15, 0.2) is 11.3 Å². The summed E-state index contributed by atoms with van der Waals surface area (Å²) in [6.45, 7) is 1.69. The van der Waals surface area contributed by atoms with Gasteiger partial charge in [-0.3, -0.25) is 0 Å². The van der Waals surface area contributed by atoms with Gasteiger partial charge >= 0.3 is 6.36 Å². The summed E-state index contributed by atoms with van der Waals surface area (Å²) in [5, 5.41) is 0. The monoisotopic (exact) mass is 180 g/mol. The second-order valence-electron chi connectivity index (χ2n) is 2.96. The molecule has 0 unspecified atom stereocenters. The maximum atomic E-state index is 11.8. The lowest BCUT2D eigenvalue weighted by Gasteiger charge is -2.19. The van der Waals surface area contributed by atoms with Crippen molar-refractivity contribution in [3.05, 3.63) is 11.3 Å². The van der Waals surface area contributed by atoms with E-state index in [0.29, 0.717) is 6.42 Å². The molecule has 0 saturated heterocycles. The molecule has 0 bridgehead atoms. The Morgan fingerprint density at radius 2 is 1.75 bits per heavy atom. The third-order valence-electron chi connectivity index (χ3n) is 1.92. The minimum atomic E-state index is -4.52. The van der Waals surface area contributed by atoms with E-state index in [1.807, 2.05) is 0 Å². The largest absolute Gasteiger partial charge is 0.572 e. The molecule has 0 aromatic rings. The van der Waals surface area contributed by atoms with Gasteiger partial charge in [-0.25, -0.2) is 0 Å². The van der Waals surface area contributed by atoms with E-state index in [9.17, 15) is 13.2 Å². The fourth-order valence-corrected chi connectivity index (χ4v) is 1.31. The molecule has 70 valence electrons. The molecule has 0 amide bonds. The highest BCUT2D eigenvalue weighted by molar-refractivity contribution is 5.08. The average Bonchev–Trinajstić information content (AvgIpc) is 1.91. The van der Waals surface area contributed by atoms with Crippen LogP contribution in [0.1, 0.15) is 32.6 Å². The van der Waals surface area contributed by atoms with Crippen LogP contribution >= 0.6 is 0 Å². The summed E-state index contributed by atoms with van der Waals surface area (Å²) in [5.41, 5.74) is 0.735. The fraction of sp³-hybridized carbons (Fsp3) is 0.750. The van der Waals surface area contributed by atoms with Gasteiger partial charge in [0, 0.05) is 6.42 Å². The number of rotatable bonds is 1. The van der Waals surface area contributed by atoms with Gasteiger partial charge in [0.2, 0.25) is 0 Å². The second kappa shape index (κ2) is 3.37. The zero-order chi connectivity index (χ0) is 9.19. The molecular formula is C8H11F3O. The van der Waals surface area contributed by atoms with Gasteiger partial charge in [-0.05, 0) is 31.8 Å². The van der Waals surface area contributed by atoms with Crippen molar-refractivity contribution < 1.29 is 17.9 Å². The highest BCUT2D eigenvalue weighted by Crippen LogP contribution is 2.30. The van der Waals surface area contributed by atoms with E-state index in [-0.39, 0.29) is 5.76 Å². The molecular weight excluding hydrogens is 169 g/mol. The lowest BCUT2D eigenvalue weighted by molar-refractivity contribution is -0.307. The van der Waals surface area contributed by atoms with Crippen LogP contribution in [-0.4, -0.2) is 6.36 Å². The van der Waals surface area contributed by atoms with Crippen molar-refractivity contribution in [3.63, 3.8) is 0 Å². The Bertz CT molecular complexity index is 193. The first-order valence-corrected chi connectivity index (χ1v) is 3.93. The van der Waals surface area contributed by atoms with Gasteiger partial charge in [-0.2, -0.15) is 0 Å². The summed E-state index contributed by atoms with van der Waals surface area (Å²) >= 11 is 0. The van der Waals surface area contributed by atoms with Gasteiger partial charge < -0.3 is 4.74 Å². The SMILES string of the molecule is CC1=C(OC(F)(F)F)CCCC1. The molecule has 0 aromatic carbocycles. The molecule has 1 rings (SSSR count). The lowest BCUT2D eigenvalue weighted by Crippen LogP contribution is -2.15. The normalized spacial score (nSPS) is 19.7. The molecule has 12 heavy (non-hydrogen) atoms. The first-order chi connectivity index (χ1) is 5.49. The molecule has 4 heteroatoms. The quantitative estimate of drug-likeness (QED) is 0.601. The van der Waals surface area contributed by atoms with E-state index in [1.165, 1.54) is 0 Å². The maximum Gasteiger partial charge on any atom is 0.572 e. The van der Waals surface area contributed by atoms with Crippen molar-refractivity contribution >= 4 is 0 Å². The van der Waals surface area contributed by atoms with E-state index in [2.05, 4.69) is 4.74 Å². The van der Waals surface area contributed by atoms with Crippen LogP contribution in [0.4, 0.5) is 13.2 Å². The molecule has 1 aliphatic carbocycles. The molecule has 0 atom stereocenters. The van der Waals surface area contributed by atoms with Crippen molar-refractivity contribution in [2.45, 2.75) is 39.0 Å². The Morgan fingerprint density at radius 1 is 1.17 bits per heavy atom. The molecule has 0 aromatic heterocycles. The second-order valence-corrected chi connectivity index (χ2v) is 2.96. The molecule has 1 aliphatic rings. The van der Waals surface area contributed by atoms with Crippen molar-refractivity contribution in [1.82, 2.24) is 0 Å². The molecule has 1 nitrogen and oxygen atoms in total. The predicted molar refractivity (Wildman–Crippen MR) is 38.3 cm³/mol. The predicted octanol–water partition coefficient (Wildman–Crippen LogP) is 3.37. The molecule has 0 saturated carbocycles. The summed E-state index contributed by atoms with van der Waals surface area (Å²) in [4.78, 5) is 0. The van der Waals surface area contributed by atoms with E-state index < -0.39 is 6.36 Å². The first kappa shape index (κ1) is 9.42. The molecule has 0 N–H and O–H groups in total. The molecule has 0 heterocycles. The molecule has 0 aliphatic heterocycles. The summed E-state index contributed by atoms with van der Waals surface area (Å²) in [6.07, 6.45) is -1.61. The minimum Gasteiger partial charge on any atom is -0.410 e. The number of halogens is 3. The van der Waals surface area contributed by atoms with Crippen molar-refractivity contribution in [2.24, 2.45) is 0 Å². The lowest BCUT2D eigenvalue weighted by atomic mass is 9.99. The number of ether oxygens (including phenoxy) is 1. The number of alkyl halides is 3. The van der Waals surface area contributed by atoms with E-state index >= 15 is 0 Å². The summed E-state index contributed by atoms with van der Waals surface area (Å²) < 4.78 is 39.1. The van der Waals surface area contributed by atoms with Crippen LogP contribution in [-0.2, 0) is 4.74 Å². The van der Waals surface area contributed by atoms with Gasteiger partial charge in [0.1, 0.15) is 5.76 Å². The van der Waals surface area contributed by atoms with Gasteiger partial charge in [0.25, 0.3) is 0 Å². The number of hydrogen-bond acceptors (Lipinski definition) is 1. The summed E-state index contributed by atoms with van der Waals surface area (Å²) in [5.74, 6) is 0.119. The Morgan fingerprint density at radius 3 is 2.25 bits per heavy atom. The smallest absolute Gasteiger partial charge is 0.410 e. The zero-order valence-corrected chi connectivity index (χ0v) is 6.87. The summed E-state index contributed by atoms with van der Waals surface area (Å²) in [7, 11) is 0. The van der Waals surface area contributed by atoms with Crippen LogP contribution in [0.5, 0.6) is 0 Å². The van der Waals surface area contributed by atoms with Gasteiger partial charge in [-0.15, -0.1) is 13.2 Å². The van der Waals surface area contributed by atoms with Crippen molar-refractivity contribution in [1.29, 1.82) is 0 Å². The highest BCUT2D eigenvalue weighted by atomic mass is 19.4. The van der Waals surface area contributed by atoms with E-state index in [0.717, 1.165) is 24.8 Å². The Hall–Kier alpha value is -0.670. The molecule has 0 fully saturated rings. The van der Waals surface area contributed by atoms with Gasteiger partial charge in [0.15, 0.2) is 0 Å². The van der Waals surface area contributed by atoms with Crippen LogP contribution in [0.2, 0.25) is 0 Å². The molecule has 0 radical (unpaired) electrons. The number of allylic oxidation sites excluding steroid dienone is 2. The standard InChI is InChI=1S/C8H11F3O/c1-6-4-2-3-5-7(6)12-8(9,10)11/h2-5H2,1H3. The van der Waals surface area contributed by atoms with Gasteiger partial charge in [-0.1, -0.05) is 0 Å². The molecule has 0 spiro atoms. The third kappa shape index (κ3) is 2.75. The van der Waals surface area contributed by atoms with Crippen LogP contribution in [0, 0.1) is 0 Å². The van der Waals surface area contributed by atoms with E-state index in [4.69, 9.17) is 0 Å². The summed E-state index contributed by atoms with van der Waals surface area (Å²) in [6, 6.07) is 0. The Kier molecular flexibility index (Phi) is 2.65. The van der Waals surface area contributed by atoms with Crippen LogP contribution in [0.3, 0.4) is 0 Å². The first-order valence-electron chi connectivity index (χ1n) is 3.93. The van der Waals surface area contributed by atoms with Crippen LogP contribution < -0.4 is 0 Å². The Balaban J connectivity index is 2.61. The topological polar surface area (TPSA) is 9.23 Å². The van der Waals surface area contributed by atoms with Crippen molar-refractivity contribution in [3.8, 4) is 0 Å². The highest BCUT2D eigenvalue weighted by Gasteiger charge is 2.33. The maximum absolute atomic E-state index is 11.8. The fourth-order valence-electron chi connectivity index (χ4n) is 1.31. The van der Waals surface area contributed by atoms with Crippen molar-refractivity contribution in [2.75, 3.05) is 0 Å². The Labute approximate surface area is 69.2 Å². The minimum absolute atomic E-state index is 0.119. The van der Waals surface area contributed by atoms with Gasteiger partial charge in [0.05, 0.1) is 0 Å². The zero-order valence-electron chi connectivity index (χ0n) is 6.87. The van der Waals surface area contributed by atoms with E-state index in [1.54, 1.807) is 6.92 Å². The third-order valence-corrected chi connectivity index (χ3v) is 1.92. The average molecular weight is 180 g/mol. The number of hydrogen-bond donors (Lipinski definition) is 0. The van der Waals surface area contributed by atoms with Crippen LogP contribution in [0.25, 0.3) is 0 Å².